The summed E-state index contributed by atoms with van der Waals surface area (Å²) >= 11 is 0. The zero-order valence-corrected chi connectivity index (χ0v) is 15.4. The van der Waals surface area contributed by atoms with Crippen LogP contribution in [0.5, 0.6) is 0 Å². The van der Waals surface area contributed by atoms with Crippen molar-refractivity contribution in [3.8, 4) is 0 Å². The van der Waals surface area contributed by atoms with E-state index in [1.807, 2.05) is 30.3 Å². The van der Waals surface area contributed by atoms with Crippen LogP contribution < -0.4 is 10.2 Å². The zero-order valence-electron chi connectivity index (χ0n) is 15.4. The van der Waals surface area contributed by atoms with Gasteiger partial charge in [-0.25, -0.2) is 0 Å². The maximum absolute atomic E-state index is 13.0. The summed E-state index contributed by atoms with van der Waals surface area (Å²) in [5, 5.41) is 8.05. The Morgan fingerprint density at radius 3 is 2.59 bits per heavy atom. The minimum atomic E-state index is -4.11. The number of halogens is 3. The van der Waals surface area contributed by atoms with Crippen molar-refractivity contribution in [1.82, 2.24) is 15.1 Å². The summed E-state index contributed by atoms with van der Waals surface area (Å²) in [5.74, 6) is -1.07. The van der Waals surface area contributed by atoms with Crippen LogP contribution in [-0.2, 0) is 11.8 Å². The smallest absolute Gasteiger partial charge is 0.371 e. The monoisotopic (exact) mass is 380 g/mol. The largest absolute Gasteiger partial charge is 0.391 e. The number of aromatic nitrogens is 2. The van der Waals surface area contributed by atoms with Crippen LogP contribution in [0, 0.1) is 11.8 Å². The number of carbonyl (C=O) groups is 1. The molecule has 2 heterocycles. The molecule has 2 atom stereocenters. The van der Waals surface area contributed by atoms with Crippen LogP contribution in [0.3, 0.4) is 0 Å². The Balaban J connectivity index is 1.63. The molecule has 0 spiro atoms. The van der Waals surface area contributed by atoms with Gasteiger partial charge >= 0.3 is 6.18 Å². The molecule has 1 saturated carbocycles. The Morgan fingerprint density at radius 1 is 1.26 bits per heavy atom. The number of hydrogen-bond donors (Lipinski definition) is 1. The van der Waals surface area contributed by atoms with E-state index in [2.05, 4.69) is 10.4 Å². The third-order valence-electron chi connectivity index (χ3n) is 5.98. The maximum atomic E-state index is 13.0. The van der Waals surface area contributed by atoms with E-state index in [0.717, 1.165) is 28.6 Å². The van der Waals surface area contributed by atoms with E-state index in [9.17, 15) is 18.0 Å². The zero-order chi connectivity index (χ0) is 19.3. The van der Waals surface area contributed by atoms with Crippen LogP contribution in [0.1, 0.15) is 30.7 Å². The fourth-order valence-electron chi connectivity index (χ4n) is 4.23. The second-order valence-electron chi connectivity index (χ2n) is 7.60. The molecule has 1 aromatic carbocycles. The molecule has 1 aromatic heterocycles. The summed E-state index contributed by atoms with van der Waals surface area (Å²) in [6.45, 7) is 0.771. The van der Waals surface area contributed by atoms with Gasteiger partial charge in [0, 0.05) is 44.2 Å². The molecule has 1 saturated heterocycles. The summed E-state index contributed by atoms with van der Waals surface area (Å²) in [7, 11) is 3.49. The molecule has 0 unspecified atom stereocenters. The molecule has 0 bridgehead atoms. The lowest BCUT2D eigenvalue weighted by atomic mass is 9.95. The standard InChI is InChI=1S/C19H23F3N4O/c1-23-18(27)15-9-14(15)13-7-12(8-17-16(13)10-24-25(17)2)26-5-3-11(4-6-26)19(20,21)22/h7-8,10-11,14-15H,3-6,9H2,1-2H3,(H,23,27)/t14-,15+/m0/s1. The fourth-order valence-corrected chi connectivity index (χ4v) is 4.23. The number of piperidine rings is 1. The lowest BCUT2D eigenvalue weighted by Crippen LogP contribution is -2.39. The van der Waals surface area contributed by atoms with Gasteiger partial charge in [0.2, 0.25) is 5.91 Å². The molecule has 5 nitrogen and oxygen atoms in total. The lowest BCUT2D eigenvalue weighted by molar-refractivity contribution is -0.179. The summed E-state index contributed by atoms with van der Waals surface area (Å²) < 4.78 is 40.6. The molecular weight excluding hydrogens is 357 g/mol. The van der Waals surface area contributed by atoms with Crippen molar-refractivity contribution in [2.75, 3.05) is 25.0 Å². The lowest BCUT2D eigenvalue weighted by Gasteiger charge is -2.34. The van der Waals surface area contributed by atoms with Gasteiger partial charge in [0.15, 0.2) is 0 Å². The third-order valence-corrected chi connectivity index (χ3v) is 5.98. The van der Waals surface area contributed by atoms with Crippen LogP contribution in [-0.4, -0.2) is 42.0 Å². The molecule has 4 rings (SSSR count). The molecule has 1 amide bonds. The summed E-state index contributed by atoms with van der Waals surface area (Å²) in [4.78, 5) is 14.0. The highest BCUT2D eigenvalue weighted by atomic mass is 19.4. The number of carbonyl (C=O) groups excluding carboxylic acids is 1. The van der Waals surface area contributed by atoms with Crippen molar-refractivity contribution >= 4 is 22.5 Å². The first-order valence-electron chi connectivity index (χ1n) is 9.28. The number of aryl methyl sites for hydroxylation is 1. The molecule has 27 heavy (non-hydrogen) atoms. The Kier molecular flexibility index (Phi) is 4.31. The van der Waals surface area contributed by atoms with Crippen molar-refractivity contribution < 1.29 is 18.0 Å². The van der Waals surface area contributed by atoms with Gasteiger partial charge in [-0.05, 0) is 42.9 Å². The SMILES string of the molecule is CNC(=O)[C@@H]1C[C@H]1c1cc(N2CCC(C(F)(F)F)CC2)cc2c1cnn2C. The van der Waals surface area contributed by atoms with E-state index in [1.54, 1.807) is 11.7 Å². The molecule has 8 heteroatoms. The number of rotatable bonds is 3. The molecule has 2 aromatic rings. The molecule has 1 aliphatic heterocycles. The quantitative estimate of drug-likeness (QED) is 0.890. The first-order chi connectivity index (χ1) is 12.8. The summed E-state index contributed by atoms with van der Waals surface area (Å²) in [5.41, 5.74) is 2.94. The van der Waals surface area contributed by atoms with Crippen LogP contribution in [0.25, 0.3) is 10.9 Å². The van der Waals surface area contributed by atoms with Crippen molar-refractivity contribution in [2.24, 2.45) is 18.9 Å². The fraction of sp³-hybridized carbons (Fsp3) is 0.579. The van der Waals surface area contributed by atoms with Crippen LogP contribution >= 0.6 is 0 Å². The molecule has 146 valence electrons. The Bertz CT molecular complexity index is 868. The predicted octanol–water partition coefficient (Wildman–Crippen LogP) is 3.20. The van der Waals surface area contributed by atoms with Gasteiger partial charge in [-0.3, -0.25) is 9.48 Å². The highest BCUT2D eigenvalue weighted by Gasteiger charge is 2.45. The van der Waals surface area contributed by atoms with E-state index in [-0.39, 0.29) is 30.6 Å². The van der Waals surface area contributed by atoms with Gasteiger partial charge in [-0.1, -0.05) is 0 Å². The average Bonchev–Trinajstić information content (AvgIpc) is 3.36. The summed E-state index contributed by atoms with van der Waals surface area (Å²) in [6, 6.07) is 4.04. The summed E-state index contributed by atoms with van der Waals surface area (Å²) in [6.07, 6.45) is -1.27. The Hall–Kier alpha value is -2.25. The second kappa shape index (κ2) is 6.42. The number of benzene rings is 1. The third kappa shape index (κ3) is 3.26. The highest BCUT2D eigenvalue weighted by Crippen LogP contribution is 2.50. The van der Waals surface area contributed by atoms with Gasteiger partial charge < -0.3 is 10.2 Å². The normalized spacial score (nSPS) is 23.7. The van der Waals surface area contributed by atoms with Crippen molar-refractivity contribution in [2.45, 2.75) is 31.4 Å². The minimum Gasteiger partial charge on any atom is -0.371 e. The topological polar surface area (TPSA) is 50.2 Å². The molecule has 2 aliphatic rings. The van der Waals surface area contributed by atoms with Crippen LogP contribution in [0.15, 0.2) is 18.3 Å². The second-order valence-corrected chi connectivity index (χ2v) is 7.60. The minimum absolute atomic E-state index is 0.0356. The maximum Gasteiger partial charge on any atom is 0.391 e. The molecule has 1 aliphatic carbocycles. The first kappa shape index (κ1) is 18.1. The molecule has 2 fully saturated rings. The van der Waals surface area contributed by atoms with E-state index < -0.39 is 12.1 Å². The number of nitrogens with zero attached hydrogens (tertiary/aromatic N) is 3. The number of fused-ring (bicyclic) bond motifs is 1. The van der Waals surface area contributed by atoms with E-state index in [0.29, 0.717) is 13.1 Å². The van der Waals surface area contributed by atoms with E-state index >= 15 is 0 Å². The van der Waals surface area contributed by atoms with Crippen molar-refractivity contribution in [3.05, 3.63) is 23.9 Å². The predicted molar refractivity (Wildman–Crippen MR) is 96.6 cm³/mol. The van der Waals surface area contributed by atoms with Crippen LogP contribution in [0.2, 0.25) is 0 Å². The Labute approximate surface area is 155 Å². The number of amides is 1. The van der Waals surface area contributed by atoms with Gasteiger partial charge in [0.05, 0.1) is 17.6 Å². The van der Waals surface area contributed by atoms with E-state index in [4.69, 9.17) is 0 Å². The number of anilines is 1. The number of alkyl halides is 3. The molecule has 1 N–H and O–H groups in total. The molecule has 0 radical (unpaired) electrons. The van der Waals surface area contributed by atoms with Gasteiger partial charge in [0.25, 0.3) is 0 Å². The average molecular weight is 380 g/mol. The Morgan fingerprint density at radius 2 is 1.96 bits per heavy atom. The molecular formula is C19H23F3N4O. The van der Waals surface area contributed by atoms with Gasteiger partial charge in [0.1, 0.15) is 0 Å². The highest BCUT2D eigenvalue weighted by molar-refractivity contribution is 5.90. The van der Waals surface area contributed by atoms with Gasteiger partial charge in [-0.15, -0.1) is 0 Å². The first-order valence-corrected chi connectivity index (χ1v) is 9.28. The van der Waals surface area contributed by atoms with Gasteiger partial charge in [-0.2, -0.15) is 18.3 Å². The number of hydrogen-bond acceptors (Lipinski definition) is 3. The van der Waals surface area contributed by atoms with Crippen LogP contribution in [0.4, 0.5) is 18.9 Å². The van der Waals surface area contributed by atoms with E-state index in [1.165, 1.54) is 0 Å². The van der Waals surface area contributed by atoms with Crippen molar-refractivity contribution in [3.63, 3.8) is 0 Å². The van der Waals surface area contributed by atoms with Crippen molar-refractivity contribution in [1.29, 1.82) is 0 Å². The number of nitrogens with one attached hydrogen (secondary N) is 1.